The number of hydrogen-bond acceptors (Lipinski definition) is 1. The van der Waals surface area contributed by atoms with E-state index in [1.807, 2.05) is 0 Å². The summed E-state index contributed by atoms with van der Waals surface area (Å²) in [6.07, 6.45) is 0. The summed E-state index contributed by atoms with van der Waals surface area (Å²) < 4.78 is 8.70. The summed E-state index contributed by atoms with van der Waals surface area (Å²) >= 11 is 0. The van der Waals surface area contributed by atoms with Crippen LogP contribution in [0.5, 0.6) is 0 Å². The van der Waals surface area contributed by atoms with Crippen molar-refractivity contribution in [3.8, 4) is 0 Å². The van der Waals surface area contributed by atoms with Gasteiger partial charge < -0.3 is 14.9 Å². The molecular formula is C2H8MgO3P+. The summed E-state index contributed by atoms with van der Waals surface area (Å²) in [6.45, 7) is 0. The third kappa shape index (κ3) is 251. The van der Waals surface area contributed by atoms with Gasteiger partial charge in [0.25, 0.3) is 0 Å². The van der Waals surface area contributed by atoms with E-state index < -0.39 is 8.25 Å². The second-order valence-electron chi connectivity index (χ2n) is 0.253. The molecule has 2 N–H and O–H groups in total. The standard InChI is InChI=1S/2CH3.Mg.HO3P/c;;;1-4(2)3/h2*1H3;;(H-,1,2,3)/q2*-1;+2;/p+1. The molecule has 3 nitrogen and oxygen atoms in total. The van der Waals surface area contributed by atoms with Gasteiger partial charge in [-0.15, -0.1) is 9.79 Å². The Morgan fingerprint density at radius 1 is 1.14 bits per heavy atom. The fourth-order valence-corrected chi connectivity index (χ4v) is 0. The smallest absolute Gasteiger partial charge is 0.358 e. The molecule has 0 aromatic heterocycles. The van der Waals surface area contributed by atoms with Crippen molar-refractivity contribution in [1.82, 2.24) is 0 Å². The molecule has 0 fully saturated rings. The molecule has 0 saturated carbocycles. The first-order valence-corrected chi connectivity index (χ1v) is 1.75. The van der Waals surface area contributed by atoms with Crippen LogP contribution >= 0.6 is 8.25 Å². The average molecular weight is 135 g/mol. The minimum atomic E-state index is -2.87. The van der Waals surface area contributed by atoms with Crippen LogP contribution in [0.3, 0.4) is 0 Å². The van der Waals surface area contributed by atoms with Crippen LogP contribution in [0.15, 0.2) is 0 Å². The molecule has 0 unspecified atom stereocenters. The Balaban J connectivity index is -0.0000000150. The van der Waals surface area contributed by atoms with Gasteiger partial charge in [-0.05, 0) is 0 Å². The Bertz CT molecular complexity index is 35.9. The van der Waals surface area contributed by atoms with Crippen LogP contribution in [0.25, 0.3) is 0 Å². The third-order valence-corrected chi connectivity index (χ3v) is 0. The van der Waals surface area contributed by atoms with Crippen LogP contribution in [0.2, 0.25) is 0 Å². The van der Waals surface area contributed by atoms with Gasteiger partial charge in [-0.3, -0.25) is 0 Å². The largest absolute Gasteiger partial charge is 2.00 e. The monoisotopic (exact) mass is 135 g/mol. The molecule has 0 amide bonds. The van der Waals surface area contributed by atoms with E-state index in [1.165, 1.54) is 0 Å². The molecular weight excluding hydrogens is 127 g/mol. The van der Waals surface area contributed by atoms with Crippen LogP contribution in [0, 0.1) is 14.9 Å². The van der Waals surface area contributed by atoms with Gasteiger partial charge in [0.2, 0.25) is 0 Å². The summed E-state index contributed by atoms with van der Waals surface area (Å²) in [4.78, 5) is 14.2. The number of rotatable bonds is 0. The van der Waals surface area contributed by atoms with Gasteiger partial charge in [-0.2, -0.15) is 0 Å². The Hall–Kier alpha value is 0.786. The maximum atomic E-state index is 8.70. The van der Waals surface area contributed by atoms with Gasteiger partial charge in [0.15, 0.2) is 0 Å². The predicted molar refractivity (Wildman–Crippen MR) is 30.6 cm³/mol. The van der Waals surface area contributed by atoms with E-state index in [0.29, 0.717) is 0 Å². The van der Waals surface area contributed by atoms with E-state index in [1.54, 1.807) is 0 Å². The molecule has 0 heterocycles. The normalized spacial score (nSPS) is 3.71. The van der Waals surface area contributed by atoms with Crippen molar-refractivity contribution in [1.29, 1.82) is 0 Å². The van der Waals surface area contributed by atoms with Crippen LogP contribution in [0.1, 0.15) is 0 Å². The van der Waals surface area contributed by atoms with Gasteiger partial charge in [0.1, 0.15) is 0 Å². The van der Waals surface area contributed by atoms with E-state index in [0.717, 1.165) is 0 Å². The van der Waals surface area contributed by atoms with Crippen molar-refractivity contribution in [3.63, 3.8) is 0 Å². The second kappa shape index (κ2) is 15.8. The summed E-state index contributed by atoms with van der Waals surface area (Å²) in [5, 5.41) is 0. The molecule has 0 radical (unpaired) electrons. The Labute approximate surface area is 60.9 Å². The summed E-state index contributed by atoms with van der Waals surface area (Å²) in [5.74, 6) is 0. The first-order chi connectivity index (χ1) is 1.73. The second-order valence-corrected chi connectivity index (χ2v) is 0.758. The van der Waals surface area contributed by atoms with Gasteiger partial charge >= 0.3 is 31.3 Å². The predicted octanol–water partition coefficient (Wildman–Crippen LogP) is 0.148. The van der Waals surface area contributed by atoms with Crippen LogP contribution in [0.4, 0.5) is 0 Å². The van der Waals surface area contributed by atoms with Crippen LogP contribution in [-0.4, -0.2) is 32.8 Å². The summed E-state index contributed by atoms with van der Waals surface area (Å²) in [5.41, 5.74) is 0. The van der Waals surface area contributed by atoms with E-state index in [2.05, 4.69) is 0 Å². The van der Waals surface area contributed by atoms with Crippen molar-refractivity contribution >= 4 is 31.3 Å². The topological polar surface area (TPSA) is 57.5 Å². The maximum Gasteiger partial charge on any atom is 2.00 e. The first kappa shape index (κ1) is 25.0. The van der Waals surface area contributed by atoms with Gasteiger partial charge in [-0.1, -0.05) is 0 Å². The number of hydrogen-bond donors (Lipinski definition) is 2. The Kier molecular flexibility index (Phi) is 56.6. The van der Waals surface area contributed by atoms with Crippen molar-refractivity contribution < 1.29 is 14.4 Å². The molecule has 0 aromatic carbocycles. The Morgan fingerprint density at radius 2 is 1.14 bits per heavy atom. The minimum absolute atomic E-state index is 0. The molecule has 0 spiro atoms. The summed E-state index contributed by atoms with van der Waals surface area (Å²) in [7, 11) is -2.87. The van der Waals surface area contributed by atoms with E-state index in [4.69, 9.17) is 14.4 Å². The molecule has 0 aliphatic rings. The quantitative estimate of drug-likeness (QED) is 0.282. The van der Waals surface area contributed by atoms with Gasteiger partial charge in [0, 0.05) is 4.57 Å². The fraction of sp³-hybridized carbons (Fsp3) is 0. The van der Waals surface area contributed by atoms with E-state index >= 15 is 0 Å². The fourth-order valence-electron chi connectivity index (χ4n) is 0. The van der Waals surface area contributed by atoms with E-state index in [9.17, 15) is 0 Å². The molecule has 0 aliphatic carbocycles. The molecule has 5 heteroatoms. The van der Waals surface area contributed by atoms with Crippen LogP contribution in [-0.2, 0) is 4.57 Å². The molecule has 7 heavy (non-hydrogen) atoms. The van der Waals surface area contributed by atoms with Crippen molar-refractivity contribution in [2.24, 2.45) is 0 Å². The zero-order chi connectivity index (χ0) is 3.58. The molecule has 0 rings (SSSR count). The maximum absolute atomic E-state index is 8.70. The van der Waals surface area contributed by atoms with Crippen molar-refractivity contribution in [3.05, 3.63) is 14.9 Å². The van der Waals surface area contributed by atoms with Crippen molar-refractivity contribution in [2.45, 2.75) is 0 Å². The third-order valence-electron chi connectivity index (χ3n) is 0. The molecule has 40 valence electrons. The Morgan fingerprint density at radius 3 is 1.14 bits per heavy atom. The van der Waals surface area contributed by atoms with Crippen molar-refractivity contribution in [2.75, 3.05) is 0 Å². The zero-order valence-corrected chi connectivity index (χ0v) is 6.77. The van der Waals surface area contributed by atoms with Gasteiger partial charge in [-0.25, -0.2) is 0 Å². The zero-order valence-electron chi connectivity index (χ0n) is 4.46. The molecule has 0 saturated heterocycles. The summed E-state index contributed by atoms with van der Waals surface area (Å²) in [6, 6.07) is 0. The van der Waals surface area contributed by atoms with Crippen LogP contribution < -0.4 is 0 Å². The molecule has 0 aliphatic heterocycles. The van der Waals surface area contributed by atoms with Gasteiger partial charge in [0.05, 0.1) is 0 Å². The van der Waals surface area contributed by atoms with E-state index in [-0.39, 0.29) is 37.9 Å². The average Bonchev–Trinajstić information content (AvgIpc) is 0.811. The molecule has 0 atom stereocenters. The minimum Gasteiger partial charge on any atom is -0.358 e. The molecule has 0 bridgehead atoms. The SMILES string of the molecule is O=[P+](O)O.[CH3-].[CH3-].[Mg+2]. The first-order valence-electron chi connectivity index (χ1n) is 0.583. The molecule has 0 aromatic rings.